The molecule has 0 aliphatic rings. The third-order valence-electron chi connectivity index (χ3n) is 5.54. The zero-order chi connectivity index (χ0) is 23.2. The Kier molecular flexibility index (Phi) is 7.24. The van der Waals surface area contributed by atoms with Gasteiger partial charge in [-0.25, -0.2) is 9.97 Å². The molecule has 0 N–H and O–H groups in total. The minimum absolute atomic E-state index is 0.00243. The lowest BCUT2D eigenvalue weighted by molar-refractivity contribution is -0.118. The van der Waals surface area contributed by atoms with Gasteiger partial charge in [-0.1, -0.05) is 30.4 Å². The number of rotatable bonds is 10. The summed E-state index contributed by atoms with van der Waals surface area (Å²) in [6.07, 6.45) is 7.50. The van der Waals surface area contributed by atoms with Gasteiger partial charge in [-0.15, -0.1) is 0 Å². The standard InChI is InChI=1S/C25H28N4O3S/c1-4-18-6-8-20-23(15-18)33-25(27-20)29(12-5-11-28-13-10-26-17-28)24(30)16-19-7-9-21(31-2)22(14-19)32-3/h6-10,13-15,17H,4-5,11-12,16H2,1-3H3. The molecule has 172 valence electrons. The molecule has 0 spiro atoms. The first-order chi connectivity index (χ1) is 16.1. The Morgan fingerprint density at radius 3 is 2.64 bits per heavy atom. The van der Waals surface area contributed by atoms with Gasteiger partial charge in [0, 0.05) is 25.5 Å². The lowest BCUT2D eigenvalue weighted by atomic mass is 10.1. The van der Waals surface area contributed by atoms with Crippen molar-refractivity contribution in [3.63, 3.8) is 0 Å². The van der Waals surface area contributed by atoms with E-state index >= 15 is 0 Å². The number of hydrogen-bond donors (Lipinski definition) is 0. The highest BCUT2D eigenvalue weighted by atomic mass is 32.1. The van der Waals surface area contributed by atoms with Crippen LogP contribution < -0.4 is 14.4 Å². The van der Waals surface area contributed by atoms with Crippen LogP contribution >= 0.6 is 11.3 Å². The van der Waals surface area contributed by atoms with Gasteiger partial charge in [0.25, 0.3) is 0 Å². The maximum Gasteiger partial charge on any atom is 0.233 e. The van der Waals surface area contributed by atoms with Crippen molar-refractivity contribution in [1.82, 2.24) is 14.5 Å². The summed E-state index contributed by atoms with van der Waals surface area (Å²) in [4.78, 5) is 24.2. The van der Waals surface area contributed by atoms with E-state index in [1.54, 1.807) is 38.1 Å². The number of amides is 1. The molecule has 0 aliphatic heterocycles. The summed E-state index contributed by atoms with van der Waals surface area (Å²) in [5.74, 6) is 1.26. The van der Waals surface area contributed by atoms with Gasteiger partial charge in [-0.05, 0) is 48.2 Å². The topological polar surface area (TPSA) is 69.5 Å². The molecule has 33 heavy (non-hydrogen) atoms. The van der Waals surface area contributed by atoms with Crippen LogP contribution in [0.15, 0.2) is 55.1 Å². The average Bonchev–Trinajstić information content (AvgIpc) is 3.50. The molecule has 0 unspecified atom stereocenters. The van der Waals surface area contributed by atoms with E-state index in [1.165, 1.54) is 5.56 Å². The number of anilines is 1. The van der Waals surface area contributed by atoms with Gasteiger partial charge in [0.1, 0.15) is 0 Å². The Labute approximate surface area is 197 Å². The maximum absolute atomic E-state index is 13.5. The van der Waals surface area contributed by atoms with Crippen molar-refractivity contribution in [2.75, 3.05) is 25.7 Å². The Balaban J connectivity index is 1.58. The number of benzene rings is 2. The average molecular weight is 465 g/mol. The first-order valence-electron chi connectivity index (χ1n) is 11.0. The van der Waals surface area contributed by atoms with Crippen molar-refractivity contribution >= 4 is 32.6 Å². The number of nitrogens with zero attached hydrogens (tertiary/aromatic N) is 4. The third-order valence-corrected chi connectivity index (χ3v) is 6.58. The molecule has 7 nitrogen and oxygen atoms in total. The van der Waals surface area contributed by atoms with Gasteiger partial charge in [0.2, 0.25) is 5.91 Å². The molecule has 0 fully saturated rings. The number of imidazole rings is 1. The molecule has 4 aromatic rings. The normalized spacial score (nSPS) is 11.0. The highest BCUT2D eigenvalue weighted by Gasteiger charge is 2.21. The Hall–Kier alpha value is -3.39. The molecular formula is C25H28N4O3S. The van der Waals surface area contributed by atoms with E-state index in [0.717, 1.165) is 40.3 Å². The largest absolute Gasteiger partial charge is 0.493 e. The van der Waals surface area contributed by atoms with Crippen LogP contribution in [0.4, 0.5) is 5.13 Å². The fourth-order valence-electron chi connectivity index (χ4n) is 3.71. The Bertz CT molecular complexity index is 1220. The number of aryl methyl sites for hydroxylation is 2. The third kappa shape index (κ3) is 5.34. The highest BCUT2D eigenvalue weighted by Crippen LogP contribution is 2.31. The summed E-state index contributed by atoms with van der Waals surface area (Å²) in [6.45, 7) is 3.49. The molecule has 1 amide bonds. The van der Waals surface area contributed by atoms with E-state index in [9.17, 15) is 4.79 Å². The highest BCUT2D eigenvalue weighted by molar-refractivity contribution is 7.22. The van der Waals surface area contributed by atoms with Crippen LogP contribution in [0.2, 0.25) is 0 Å². The van der Waals surface area contributed by atoms with Crippen molar-refractivity contribution < 1.29 is 14.3 Å². The number of aromatic nitrogens is 3. The van der Waals surface area contributed by atoms with Crippen molar-refractivity contribution in [2.24, 2.45) is 0 Å². The van der Waals surface area contributed by atoms with Gasteiger partial charge in [0.05, 0.1) is 37.2 Å². The molecule has 0 bridgehead atoms. The van der Waals surface area contributed by atoms with Crippen molar-refractivity contribution in [1.29, 1.82) is 0 Å². The van der Waals surface area contributed by atoms with Gasteiger partial charge in [-0.3, -0.25) is 9.69 Å². The predicted molar refractivity (Wildman–Crippen MR) is 131 cm³/mol. The van der Waals surface area contributed by atoms with Crippen LogP contribution in [0.5, 0.6) is 11.5 Å². The molecule has 4 rings (SSSR count). The lowest BCUT2D eigenvalue weighted by Crippen LogP contribution is -2.33. The van der Waals surface area contributed by atoms with Crippen LogP contribution in [0.1, 0.15) is 24.5 Å². The van der Waals surface area contributed by atoms with Crippen LogP contribution in [-0.4, -0.2) is 41.2 Å². The van der Waals surface area contributed by atoms with Gasteiger partial charge < -0.3 is 14.0 Å². The molecule has 2 aromatic carbocycles. The molecule has 0 atom stereocenters. The van der Waals surface area contributed by atoms with Gasteiger partial charge in [-0.2, -0.15) is 0 Å². The second kappa shape index (κ2) is 10.5. The van der Waals surface area contributed by atoms with E-state index < -0.39 is 0 Å². The van der Waals surface area contributed by atoms with Crippen molar-refractivity contribution in [3.05, 3.63) is 66.2 Å². The first-order valence-corrected chi connectivity index (χ1v) is 11.8. The zero-order valence-electron chi connectivity index (χ0n) is 19.2. The van der Waals surface area contributed by atoms with Crippen LogP contribution in [0.25, 0.3) is 10.2 Å². The van der Waals surface area contributed by atoms with Crippen LogP contribution in [-0.2, 0) is 24.2 Å². The number of fused-ring (bicyclic) bond motifs is 1. The van der Waals surface area contributed by atoms with Crippen molar-refractivity contribution in [2.45, 2.75) is 32.7 Å². The SMILES string of the molecule is CCc1ccc2nc(N(CCCn3ccnc3)C(=O)Cc3ccc(OC)c(OC)c3)sc2c1. The summed E-state index contributed by atoms with van der Waals surface area (Å²) >= 11 is 1.57. The number of hydrogen-bond acceptors (Lipinski definition) is 6. The minimum atomic E-state index is 0.00243. The van der Waals surface area contributed by atoms with E-state index in [4.69, 9.17) is 14.5 Å². The minimum Gasteiger partial charge on any atom is -0.493 e. The van der Waals surface area contributed by atoms with E-state index in [2.05, 4.69) is 24.0 Å². The zero-order valence-corrected chi connectivity index (χ0v) is 20.0. The number of ether oxygens (including phenoxy) is 2. The lowest BCUT2D eigenvalue weighted by Gasteiger charge is -2.20. The molecule has 8 heteroatoms. The Morgan fingerprint density at radius 2 is 1.91 bits per heavy atom. The number of thiazole rings is 1. The van der Waals surface area contributed by atoms with E-state index in [-0.39, 0.29) is 12.3 Å². The van der Waals surface area contributed by atoms with E-state index in [0.29, 0.717) is 18.0 Å². The quantitative estimate of drug-likeness (QED) is 0.339. The monoisotopic (exact) mass is 464 g/mol. The number of methoxy groups -OCH3 is 2. The molecular weight excluding hydrogens is 436 g/mol. The molecule has 0 saturated heterocycles. The van der Waals surface area contributed by atoms with Crippen LogP contribution in [0, 0.1) is 0 Å². The summed E-state index contributed by atoms with van der Waals surface area (Å²) < 4.78 is 13.8. The van der Waals surface area contributed by atoms with Crippen molar-refractivity contribution in [3.8, 4) is 11.5 Å². The molecule has 0 aliphatic carbocycles. The first kappa shape index (κ1) is 22.8. The smallest absolute Gasteiger partial charge is 0.233 e. The number of carbonyl (C=O) groups is 1. The summed E-state index contributed by atoms with van der Waals surface area (Å²) in [7, 11) is 3.19. The van der Waals surface area contributed by atoms with Gasteiger partial charge >= 0.3 is 0 Å². The predicted octanol–water partition coefficient (Wildman–Crippen LogP) is 4.74. The van der Waals surface area contributed by atoms with Crippen LogP contribution in [0.3, 0.4) is 0 Å². The second-order valence-electron chi connectivity index (χ2n) is 7.72. The molecule has 2 heterocycles. The molecule has 0 saturated carbocycles. The summed E-state index contributed by atoms with van der Waals surface area (Å²) in [6, 6.07) is 11.9. The molecule has 2 aromatic heterocycles. The fraction of sp³-hybridized carbons (Fsp3) is 0.320. The summed E-state index contributed by atoms with van der Waals surface area (Å²) in [5, 5.41) is 0.731. The second-order valence-corrected chi connectivity index (χ2v) is 8.73. The Morgan fingerprint density at radius 1 is 1.09 bits per heavy atom. The fourth-order valence-corrected chi connectivity index (χ4v) is 4.78. The molecule has 0 radical (unpaired) electrons. The van der Waals surface area contributed by atoms with Gasteiger partial charge in [0.15, 0.2) is 16.6 Å². The maximum atomic E-state index is 13.5. The number of carbonyl (C=O) groups excluding carboxylic acids is 1. The summed E-state index contributed by atoms with van der Waals surface area (Å²) in [5.41, 5.74) is 3.05. The van der Waals surface area contributed by atoms with E-state index in [1.807, 2.05) is 39.9 Å².